The maximum absolute atomic E-state index is 13.7. The third-order valence-electron chi connectivity index (χ3n) is 4.90. The molecule has 0 bridgehead atoms. The van der Waals surface area contributed by atoms with E-state index in [1.165, 1.54) is 30.2 Å². The highest BCUT2D eigenvalue weighted by atomic mass is 19.1. The van der Waals surface area contributed by atoms with Crippen LogP contribution in [-0.4, -0.2) is 31.0 Å². The zero-order chi connectivity index (χ0) is 18.9. The minimum atomic E-state index is -1.27. The highest BCUT2D eigenvalue weighted by Crippen LogP contribution is 2.43. The maximum Gasteiger partial charge on any atom is 0.336 e. The summed E-state index contributed by atoms with van der Waals surface area (Å²) < 4.78 is 23.9. The summed E-state index contributed by atoms with van der Waals surface area (Å²) in [6, 6.07) is 11.2. The molecule has 6 heteroatoms. The minimum absolute atomic E-state index is 0.196. The van der Waals surface area contributed by atoms with Crippen molar-refractivity contribution in [3.05, 3.63) is 65.0 Å². The third kappa shape index (κ3) is 2.62. The van der Waals surface area contributed by atoms with Gasteiger partial charge in [-0.25, -0.2) is 9.18 Å². The molecule has 0 N–H and O–H groups in total. The monoisotopic (exact) mass is 357 g/mol. The molecule has 0 aromatic heterocycles. The molecule has 1 aliphatic rings. The molecule has 3 rings (SSSR count). The summed E-state index contributed by atoms with van der Waals surface area (Å²) in [5, 5.41) is 0. The van der Waals surface area contributed by atoms with Crippen molar-refractivity contribution in [1.82, 2.24) is 4.90 Å². The van der Waals surface area contributed by atoms with Gasteiger partial charge in [0.05, 0.1) is 14.2 Å². The molecule has 0 radical (unpaired) electrons. The van der Waals surface area contributed by atoms with E-state index < -0.39 is 17.3 Å². The van der Waals surface area contributed by atoms with Crippen molar-refractivity contribution in [2.45, 2.75) is 25.4 Å². The van der Waals surface area contributed by atoms with E-state index in [0.29, 0.717) is 17.7 Å². The van der Waals surface area contributed by atoms with Crippen LogP contribution in [0.1, 0.15) is 34.8 Å². The molecule has 0 unspecified atom stereocenters. The number of hydrogen-bond acceptors (Lipinski definition) is 4. The zero-order valence-corrected chi connectivity index (χ0v) is 14.9. The topological polar surface area (TPSA) is 55.8 Å². The first-order chi connectivity index (χ1) is 12.5. The van der Waals surface area contributed by atoms with Gasteiger partial charge in [0.1, 0.15) is 11.6 Å². The number of amides is 1. The smallest absolute Gasteiger partial charge is 0.336 e. The van der Waals surface area contributed by atoms with Gasteiger partial charge in [-0.3, -0.25) is 4.79 Å². The Hall–Kier alpha value is -2.89. The van der Waals surface area contributed by atoms with Gasteiger partial charge < -0.3 is 14.4 Å². The fourth-order valence-electron chi connectivity index (χ4n) is 3.55. The Kier molecular flexibility index (Phi) is 4.68. The Morgan fingerprint density at radius 3 is 2.42 bits per heavy atom. The van der Waals surface area contributed by atoms with Crippen molar-refractivity contribution < 1.29 is 23.5 Å². The fourth-order valence-corrected chi connectivity index (χ4v) is 3.55. The van der Waals surface area contributed by atoms with Crippen LogP contribution in [0.2, 0.25) is 0 Å². The molecular weight excluding hydrogens is 337 g/mol. The normalized spacial score (nSPS) is 18.6. The average molecular weight is 357 g/mol. The predicted octanol–water partition coefficient (Wildman–Crippen LogP) is 3.27. The number of hydrogen-bond donors (Lipinski definition) is 0. The van der Waals surface area contributed by atoms with Crippen LogP contribution < -0.4 is 4.74 Å². The van der Waals surface area contributed by atoms with Crippen molar-refractivity contribution in [2.24, 2.45) is 0 Å². The first-order valence-electron chi connectivity index (χ1n) is 8.31. The number of carbonyl (C=O) groups is 2. The Morgan fingerprint density at radius 2 is 1.85 bits per heavy atom. The third-order valence-corrected chi connectivity index (χ3v) is 4.90. The second kappa shape index (κ2) is 6.78. The summed E-state index contributed by atoms with van der Waals surface area (Å²) in [4.78, 5) is 27.2. The Labute approximate surface area is 151 Å². The predicted molar refractivity (Wildman–Crippen MR) is 93.3 cm³/mol. The minimum Gasteiger partial charge on any atom is -0.497 e. The van der Waals surface area contributed by atoms with Crippen LogP contribution in [-0.2, 0) is 21.6 Å². The van der Waals surface area contributed by atoms with Gasteiger partial charge in [0.15, 0.2) is 5.54 Å². The molecule has 5 nitrogen and oxygen atoms in total. The lowest BCUT2D eigenvalue weighted by molar-refractivity contribution is -0.154. The van der Waals surface area contributed by atoms with Gasteiger partial charge in [0.2, 0.25) is 0 Å². The van der Waals surface area contributed by atoms with Crippen molar-refractivity contribution in [2.75, 3.05) is 14.2 Å². The lowest BCUT2D eigenvalue weighted by Gasteiger charge is -2.36. The van der Waals surface area contributed by atoms with Crippen LogP contribution in [0.5, 0.6) is 5.75 Å². The molecule has 1 heterocycles. The van der Waals surface area contributed by atoms with E-state index in [0.717, 1.165) is 5.56 Å². The van der Waals surface area contributed by atoms with E-state index in [2.05, 4.69) is 0 Å². The van der Waals surface area contributed by atoms with E-state index in [4.69, 9.17) is 9.47 Å². The van der Waals surface area contributed by atoms with Gasteiger partial charge in [-0.1, -0.05) is 25.1 Å². The molecule has 0 aliphatic carbocycles. The summed E-state index contributed by atoms with van der Waals surface area (Å²) in [6.07, 6.45) is 0.320. The quantitative estimate of drug-likeness (QED) is 0.771. The summed E-state index contributed by atoms with van der Waals surface area (Å²) in [7, 11) is 2.86. The molecule has 26 heavy (non-hydrogen) atoms. The van der Waals surface area contributed by atoms with Gasteiger partial charge in [-0.15, -0.1) is 0 Å². The second-order valence-electron chi connectivity index (χ2n) is 6.13. The number of halogens is 1. The molecule has 1 atom stereocenters. The molecule has 136 valence electrons. The van der Waals surface area contributed by atoms with Crippen LogP contribution >= 0.6 is 0 Å². The molecule has 2 aromatic carbocycles. The van der Waals surface area contributed by atoms with Crippen molar-refractivity contribution in [3.8, 4) is 5.75 Å². The lowest BCUT2D eigenvalue weighted by atomic mass is 9.86. The summed E-state index contributed by atoms with van der Waals surface area (Å²) in [5.74, 6) is -0.741. The Bertz CT molecular complexity index is 849. The van der Waals surface area contributed by atoms with Crippen LogP contribution in [0, 0.1) is 5.82 Å². The van der Waals surface area contributed by atoms with Crippen molar-refractivity contribution >= 4 is 11.9 Å². The molecule has 0 saturated carbocycles. The number of nitrogens with zero attached hydrogens (tertiary/aromatic N) is 1. The highest BCUT2D eigenvalue weighted by molar-refractivity contribution is 6.05. The van der Waals surface area contributed by atoms with Gasteiger partial charge in [-0.05, 0) is 36.2 Å². The van der Waals surface area contributed by atoms with Crippen LogP contribution in [0.4, 0.5) is 4.39 Å². The first-order valence-corrected chi connectivity index (χ1v) is 8.31. The first kappa shape index (κ1) is 17.9. The molecule has 0 saturated heterocycles. The number of ether oxygens (including phenoxy) is 2. The Morgan fingerprint density at radius 1 is 1.15 bits per heavy atom. The standard InChI is InChI=1S/C20H20FNO4/c1-4-20(19(24)26-3)17-10-7-14(21)11-16(17)18(23)22(20)12-13-5-8-15(25-2)9-6-13/h5-11H,4,12H2,1-3H3/t20-/m0/s1. The van der Waals surface area contributed by atoms with Crippen LogP contribution in [0.15, 0.2) is 42.5 Å². The fraction of sp³-hybridized carbons (Fsp3) is 0.300. The number of methoxy groups -OCH3 is 2. The number of rotatable bonds is 5. The lowest BCUT2D eigenvalue weighted by Crippen LogP contribution is -2.49. The molecule has 0 fully saturated rings. The second-order valence-corrected chi connectivity index (χ2v) is 6.13. The van der Waals surface area contributed by atoms with Gasteiger partial charge in [0, 0.05) is 17.7 Å². The summed E-state index contributed by atoms with van der Waals surface area (Å²) in [5.41, 5.74) is 0.237. The van der Waals surface area contributed by atoms with E-state index in [-0.39, 0.29) is 18.0 Å². The van der Waals surface area contributed by atoms with E-state index in [9.17, 15) is 14.0 Å². The van der Waals surface area contributed by atoms with Crippen LogP contribution in [0.25, 0.3) is 0 Å². The van der Waals surface area contributed by atoms with Crippen molar-refractivity contribution in [3.63, 3.8) is 0 Å². The molecule has 2 aromatic rings. The molecule has 0 spiro atoms. The number of esters is 1. The van der Waals surface area contributed by atoms with Gasteiger partial charge >= 0.3 is 5.97 Å². The molecule has 1 aliphatic heterocycles. The van der Waals surface area contributed by atoms with Gasteiger partial charge in [0.25, 0.3) is 5.91 Å². The highest BCUT2D eigenvalue weighted by Gasteiger charge is 2.54. The average Bonchev–Trinajstić information content (AvgIpc) is 2.90. The summed E-state index contributed by atoms with van der Waals surface area (Å²) >= 11 is 0. The number of carbonyl (C=O) groups excluding carboxylic acids is 2. The van der Waals surface area contributed by atoms with E-state index in [1.807, 2.05) is 19.1 Å². The Balaban J connectivity index is 2.09. The molecular formula is C20H20FNO4. The largest absolute Gasteiger partial charge is 0.497 e. The van der Waals surface area contributed by atoms with Gasteiger partial charge in [-0.2, -0.15) is 0 Å². The molecule has 1 amide bonds. The van der Waals surface area contributed by atoms with Crippen LogP contribution in [0.3, 0.4) is 0 Å². The van der Waals surface area contributed by atoms with Crippen molar-refractivity contribution in [1.29, 1.82) is 0 Å². The summed E-state index contributed by atoms with van der Waals surface area (Å²) in [6.45, 7) is 2.01. The van der Waals surface area contributed by atoms with E-state index in [1.54, 1.807) is 19.2 Å². The zero-order valence-electron chi connectivity index (χ0n) is 14.9. The van der Waals surface area contributed by atoms with E-state index >= 15 is 0 Å². The number of benzene rings is 2. The SMILES string of the molecule is CC[C@@]1(C(=O)OC)c2ccc(F)cc2C(=O)N1Cc1ccc(OC)cc1. The maximum atomic E-state index is 13.7. The number of fused-ring (bicyclic) bond motifs is 1.